The van der Waals surface area contributed by atoms with Crippen molar-refractivity contribution in [2.45, 2.75) is 20.8 Å². The second-order valence-corrected chi connectivity index (χ2v) is 6.76. The van der Waals surface area contributed by atoms with Gasteiger partial charge in [0.25, 0.3) is 0 Å². The van der Waals surface area contributed by atoms with Gasteiger partial charge >= 0.3 is 0 Å². The molecule has 3 rings (SSSR count). The standard InChI is InChI=1S/C25H25NO3/c1-18-5-9-21(10-6-18)26-25(29-24-11-7-19(2)8-12-24)20(3)17-28-23-15-13-22(27-4)14-16-23/h5-17H,1-4H3/b20-17+,26-25?. The van der Waals surface area contributed by atoms with E-state index in [0.717, 1.165) is 22.8 Å². The van der Waals surface area contributed by atoms with Crippen LogP contribution in [0.15, 0.2) is 89.6 Å². The Kier molecular flexibility index (Phi) is 6.69. The zero-order valence-corrected chi connectivity index (χ0v) is 17.2. The number of aryl methyl sites for hydroxylation is 2. The van der Waals surface area contributed by atoms with Crippen LogP contribution in [0.2, 0.25) is 0 Å². The van der Waals surface area contributed by atoms with Gasteiger partial charge in [0.1, 0.15) is 17.2 Å². The number of methoxy groups -OCH3 is 1. The predicted molar refractivity (Wildman–Crippen MR) is 117 cm³/mol. The molecule has 0 N–H and O–H groups in total. The highest BCUT2D eigenvalue weighted by atomic mass is 16.5. The van der Waals surface area contributed by atoms with Gasteiger partial charge in [-0.25, -0.2) is 4.99 Å². The second kappa shape index (κ2) is 9.60. The SMILES string of the molecule is COc1ccc(O/C=C(\C)C(=Nc2ccc(C)cc2)Oc2ccc(C)cc2)cc1. The molecule has 0 spiro atoms. The molecule has 29 heavy (non-hydrogen) atoms. The van der Waals surface area contributed by atoms with Crippen molar-refractivity contribution in [2.75, 3.05) is 7.11 Å². The van der Waals surface area contributed by atoms with E-state index in [0.29, 0.717) is 11.6 Å². The Bertz CT molecular complexity index is 986. The Morgan fingerprint density at radius 1 is 0.724 bits per heavy atom. The molecular formula is C25H25NO3. The fourth-order valence-corrected chi connectivity index (χ4v) is 2.51. The van der Waals surface area contributed by atoms with Gasteiger partial charge in [-0.3, -0.25) is 0 Å². The molecule has 0 fully saturated rings. The van der Waals surface area contributed by atoms with Crippen LogP contribution in [0, 0.1) is 13.8 Å². The van der Waals surface area contributed by atoms with Crippen molar-refractivity contribution >= 4 is 11.6 Å². The summed E-state index contributed by atoms with van der Waals surface area (Å²) in [4.78, 5) is 4.68. The smallest absolute Gasteiger partial charge is 0.225 e. The first-order valence-corrected chi connectivity index (χ1v) is 9.41. The van der Waals surface area contributed by atoms with Gasteiger partial charge in [-0.1, -0.05) is 35.4 Å². The van der Waals surface area contributed by atoms with Gasteiger partial charge in [0.2, 0.25) is 5.90 Å². The Morgan fingerprint density at radius 3 is 1.83 bits per heavy atom. The van der Waals surface area contributed by atoms with Crippen molar-refractivity contribution in [2.24, 2.45) is 4.99 Å². The molecule has 3 aromatic carbocycles. The highest BCUT2D eigenvalue weighted by Crippen LogP contribution is 2.20. The molecule has 0 saturated heterocycles. The van der Waals surface area contributed by atoms with E-state index in [4.69, 9.17) is 14.2 Å². The predicted octanol–water partition coefficient (Wildman–Crippen LogP) is 6.40. The van der Waals surface area contributed by atoms with E-state index < -0.39 is 0 Å². The Morgan fingerprint density at radius 2 is 1.24 bits per heavy atom. The van der Waals surface area contributed by atoms with E-state index in [1.807, 2.05) is 93.6 Å². The number of ether oxygens (including phenoxy) is 3. The van der Waals surface area contributed by atoms with Gasteiger partial charge in [0, 0.05) is 5.57 Å². The first kappa shape index (κ1) is 20.2. The number of nitrogens with zero attached hydrogens (tertiary/aromatic N) is 1. The zero-order chi connectivity index (χ0) is 20.6. The molecule has 0 amide bonds. The van der Waals surface area contributed by atoms with Crippen LogP contribution in [0.3, 0.4) is 0 Å². The zero-order valence-electron chi connectivity index (χ0n) is 17.2. The number of hydrogen-bond donors (Lipinski definition) is 0. The summed E-state index contributed by atoms with van der Waals surface area (Å²) in [5.41, 5.74) is 3.93. The monoisotopic (exact) mass is 387 g/mol. The van der Waals surface area contributed by atoms with E-state index in [1.165, 1.54) is 11.1 Å². The van der Waals surface area contributed by atoms with Crippen molar-refractivity contribution in [3.05, 3.63) is 95.8 Å². The summed E-state index contributed by atoms with van der Waals surface area (Å²) >= 11 is 0. The summed E-state index contributed by atoms with van der Waals surface area (Å²) in [5.74, 6) is 2.68. The first-order chi connectivity index (χ1) is 14.0. The quantitative estimate of drug-likeness (QED) is 0.279. The summed E-state index contributed by atoms with van der Waals surface area (Å²) in [6, 6.07) is 23.2. The molecule has 0 unspecified atom stereocenters. The van der Waals surface area contributed by atoms with E-state index >= 15 is 0 Å². The average molecular weight is 387 g/mol. The molecular weight excluding hydrogens is 362 g/mol. The minimum absolute atomic E-state index is 0.478. The van der Waals surface area contributed by atoms with Crippen LogP contribution < -0.4 is 14.2 Å². The molecule has 3 aromatic rings. The van der Waals surface area contributed by atoms with Gasteiger partial charge in [-0.15, -0.1) is 0 Å². The maximum atomic E-state index is 6.07. The lowest BCUT2D eigenvalue weighted by Crippen LogP contribution is -2.11. The molecule has 0 heterocycles. The molecule has 0 aliphatic rings. The van der Waals surface area contributed by atoms with Crippen molar-refractivity contribution in [3.8, 4) is 17.2 Å². The summed E-state index contributed by atoms with van der Waals surface area (Å²) in [5, 5.41) is 0. The Hall–Kier alpha value is -3.53. The number of benzene rings is 3. The van der Waals surface area contributed by atoms with Crippen molar-refractivity contribution < 1.29 is 14.2 Å². The molecule has 0 saturated carbocycles. The maximum Gasteiger partial charge on any atom is 0.225 e. The highest BCUT2D eigenvalue weighted by molar-refractivity contribution is 5.96. The average Bonchev–Trinajstić information content (AvgIpc) is 2.75. The molecule has 4 heteroatoms. The molecule has 0 aromatic heterocycles. The lowest BCUT2D eigenvalue weighted by atomic mass is 10.2. The fraction of sp³-hybridized carbons (Fsp3) is 0.160. The third-order valence-electron chi connectivity index (χ3n) is 4.27. The molecule has 0 bridgehead atoms. The first-order valence-electron chi connectivity index (χ1n) is 9.41. The van der Waals surface area contributed by atoms with Crippen molar-refractivity contribution in [1.82, 2.24) is 0 Å². The molecule has 0 atom stereocenters. The molecule has 0 aliphatic carbocycles. The minimum atomic E-state index is 0.478. The van der Waals surface area contributed by atoms with E-state index in [9.17, 15) is 0 Å². The van der Waals surface area contributed by atoms with Crippen LogP contribution in [0.4, 0.5) is 5.69 Å². The van der Waals surface area contributed by atoms with Gasteiger partial charge < -0.3 is 14.2 Å². The van der Waals surface area contributed by atoms with Crippen LogP contribution in [0.1, 0.15) is 18.1 Å². The Balaban J connectivity index is 1.85. The van der Waals surface area contributed by atoms with E-state index in [1.54, 1.807) is 13.4 Å². The van der Waals surface area contributed by atoms with E-state index in [2.05, 4.69) is 4.99 Å². The lowest BCUT2D eigenvalue weighted by Gasteiger charge is -2.11. The summed E-state index contributed by atoms with van der Waals surface area (Å²) < 4.78 is 17.0. The Labute approximate surface area is 172 Å². The van der Waals surface area contributed by atoms with Crippen LogP contribution in [-0.4, -0.2) is 13.0 Å². The van der Waals surface area contributed by atoms with Gasteiger partial charge in [0.15, 0.2) is 0 Å². The van der Waals surface area contributed by atoms with Crippen LogP contribution in [0.25, 0.3) is 0 Å². The summed E-state index contributed by atoms with van der Waals surface area (Å²) in [6.45, 7) is 5.99. The normalized spacial score (nSPS) is 11.9. The van der Waals surface area contributed by atoms with Gasteiger partial charge in [0.05, 0.1) is 19.1 Å². The lowest BCUT2D eigenvalue weighted by molar-refractivity contribution is 0.412. The number of rotatable bonds is 6. The van der Waals surface area contributed by atoms with Gasteiger partial charge in [-0.05, 0) is 69.3 Å². The minimum Gasteiger partial charge on any atom is -0.497 e. The molecule has 0 aliphatic heterocycles. The maximum absolute atomic E-state index is 6.07. The summed E-state index contributed by atoms with van der Waals surface area (Å²) in [6.07, 6.45) is 1.64. The topological polar surface area (TPSA) is 40.0 Å². The molecule has 148 valence electrons. The highest BCUT2D eigenvalue weighted by Gasteiger charge is 2.08. The van der Waals surface area contributed by atoms with E-state index in [-0.39, 0.29) is 0 Å². The van der Waals surface area contributed by atoms with Crippen LogP contribution in [-0.2, 0) is 0 Å². The molecule has 0 radical (unpaired) electrons. The fourth-order valence-electron chi connectivity index (χ4n) is 2.51. The van der Waals surface area contributed by atoms with Gasteiger partial charge in [-0.2, -0.15) is 0 Å². The van der Waals surface area contributed by atoms with Crippen molar-refractivity contribution in [1.29, 1.82) is 0 Å². The third-order valence-corrected chi connectivity index (χ3v) is 4.27. The number of aliphatic imine (C=N–C) groups is 1. The summed E-state index contributed by atoms with van der Waals surface area (Å²) in [7, 11) is 1.64. The van der Waals surface area contributed by atoms with Crippen molar-refractivity contribution in [3.63, 3.8) is 0 Å². The third kappa shape index (κ3) is 5.98. The molecule has 4 nitrogen and oxygen atoms in total. The second-order valence-electron chi connectivity index (χ2n) is 6.76. The van der Waals surface area contributed by atoms with Crippen LogP contribution in [0.5, 0.6) is 17.2 Å². The largest absolute Gasteiger partial charge is 0.497 e. The van der Waals surface area contributed by atoms with Crippen LogP contribution >= 0.6 is 0 Å². The number of hydrogen-bond acceptors (Lipinski definition) is 4.